The fraction of sp³-hybridized carbons (Fsp3) is 0.400. The van der Waals surface area contributed by atoms with Gasteiger partial charge in [-0.3, -0.25) is 4.79 Å². The largest absolute Gasteiger partial charge is 0.340 e. The van der Waals surface area contributed by atoms with Crippen LogP contribution in [0.4, 0.5) is 15.9 Å². The van der Waals surface area contributed by atoms with E-state index in [9.17, 15) is 9.18 Å². The van der Waals surface area contributed by atoms with Crippen molar-refractivity contribution in [1.82, 2.24) is 19.8 Å². The molecule has 2 aromatic heterocycles. The minimum absolute atomic E-state index is 0.0563. The van der Waals surface area contributed by atoms with Crippen LogP contribution in [0.5, 0.6) is 0 Å². The number of thiophene rings is 1. The van der Waals surface area contributed by atoms with E-state index in [1.54, 1.807) is 29.5 Å². The van der Waals surface area contributed by atoms with Crippen LogP contribution in [0.1, 0.15) is 36.1 Å². The number of rotatable bonds is 6. The molecule has 5 rings (SSSR count). The molecular formula is C25H27ClFN5OS. The third kappa shape index (κ3) is 5.09. The second-order valence-electron chi connectivity index (χ2n) is 8.76. The summed E-state index contributed by atoms with van der Waals surface area (Å²) in [6.07, 6.45) is 10.8. The number of aromatic nitrogens is 2. The van der Waals surface area contributed by atoms with Crippen LogP contribution in [0.3, 0.4) is 0 Å². The summed E-state index contributed by atoms with van der Waals surface area (Å²) in [7, 11) is 0. The van der Waals surface area contributed by atoms with Gasteiger partial charge in [0.05, 0.1) is 17.0 Å². The first kappa shape index (κ1) is 23.2. The smallest absolute Gasteiger partial charge is 0.246 e. The molecule has 0 aliphatic carbocycles. The first-order chi connectivity index (χ1) is 16.6. The van der Waals surface area contributed by atoms with Crippen LogP contribution in [0.25, 0.3) is 10.2 Å². The molecule has 0 radical (unpaired) electrons. The first-order valence-corrected chi connectivity index (χ1v) is 12.9. The third-order valence-electron chi connectivity index (χ3n) is 6.45. The standard InChI is InChI=1S/C25H27ClFN5OS/c26-19-14-17(7-8-20(19)27)30-24-23-18-9-13-32(15-21(18)34-25(23)29-16-28-24)22(33)6-2-5-12-31-10-3-1-4-11-31/h2,6-8,14,16H,1,3-5,9-13,15H2,(H,28,29,30). The summed E-state index contributed by atoms with van der Waals surface area (Å²) in [5.74, 6) is 0.271. The Morgan fingerprint density at radius 2 is 2.06 bits per heavy atom. The number of likely N-dealkylation sites (tertiary alicyclic amines) is 1. The summed E-state index contributed by atoms with van der Waals surface area (Å²) < 4.78 is 13.5. The van der Waals surface area contributed by atoms with Crippen molar-refractivity contribution in [2.24, 2.45) is 0 Å². The van der Waals surface area contributed by atoms with Crippen molar-refractivity contribution in [3.8, 4) is 0 Å². The quantitative estimate of drug-likeness (QED) is 0.451. The van der Waals surface area contributed by atoms with E-state index in [0.29, 0.717) is 24.6 Å². The average Bonchev–Trinajstić information content (AvgIpc) is 3.23. The van der Waals surface area contributed by atoms with Crippen LogP contribution in [0, 0.1) is 5.82 Å². The van der Waals surface area contributed by atoms with Gasteiger partial charge in [0.25, 0.3) is 0 Å². The molecule has 0 spiro atoms. The Balaban J connectivity index is 1.27. The van der Waals surface area contributed by atoms with Crippen LogP contribution in [-0.2, 0) is 17.8 Å². The molecule has 6 nitrogen and oxygen atoms in total. The second kappa shape index (κ2) is 10.4. The molecule has 0 unspecified atom stereocenters. The highest BCUT2D eigenvalue weighted by atomic mass is 35.5. The number of benzene rings is 1. The molecule has 3 aromatic rings. The van der Waals surface area contributed by atoms with E-state index < -0.39 is 5.82 Å². The third-order valence-corrected chi connectivity index (χ3v) is 7.87. The Kier molecular flexibility index (Phi) is 7.08. The van der Waals surface area contributed by atoms with Gasteiger partial charge < -0.3 is 15.1 Å². The normalized spacial score (nSPS) is 16.8. The molecule has 9 heteroatoms. The topological polar surface area (TPSA) is 61.4 Å². The van der Waals surface area contributed by atoms with Crippen LogP contribution in [-0.4, -0.2) is 51.9 Å². The van der Waals surface area contributed by atoms with Gasteiger partial charge in [-0.15, -0.1) is 11.3 Å². The fourth-order valence-electron chi connectivity index (χ4n) is 4.65. The zero-order valence-corrected chi connectivity index (χ0v) is 20.5. The van der Waals surface area contributed by atoms with Gasteiger partial charge in [0.1, 0.15) is 22.8 Å². The molecule has 0 saturated carbocycles. The second-order valence-corrected chi connectivity index (χ2v) is 10.3. The lowest BCUT2D eigenvalue weighted by molar-refractivity contribution is -0.126. The number of nitrogens with zero attached hydrogens (tertiary/aromatic N) is 4. The summed E-state index contributed by atoms with van der Waals surface area (Å²) in [6, 6.07) is 4.50. The highest BCUT2D eigenvalue weighted by molar-refractivity contribution is 7.19. The Hall–Kier alpha value is -2.55. The highest BCUT2D eigenvalue weighted by Crippen LogP contribution is 2.38. The fourth-order valence-corrected chi connectivity index (χ4v) is 6.03. The lowest BCUT2D eigenvalue weighted by Gasteiger charge is -2.26. The number of hydrogen-bond donors (Lipinski definition) is 1. The Bertz CT molecular complexity index is 1220. The van der Waals surface area contributed by atoms with Crippen LogP contribution in [0.2, 0.25) is 5.02 Å². The summed E-state index contributed by atoms with van der Waals surface area (Å²) in [6.45, 7) is 4.61. The summed E-state index contributed by atoms with van der Waals surface area (Å²) >= 11 is 7.53. The molecule has 178 valence electrons. The molecule has 0 bridgehead atoms. The van der Waals surface area contributed by atoms with E-state index in [2.05, 4.69) is 20.2 Å². The molecule has 4 heterocycles. The number of carbonyl (C=O) groups excluding carboxylic acids is 1. The van der Waals surface area contributed by atoms with Gasteiger partial charge in [-0.25, -0.2) is 14.4 Å². The maximum Gasteiger partial charge on any atom is 0.246 e. The van der Waals surface area contributed by atoms with Gasteiger partial charge in [0.15, 0.2) is 0 Å². The number of halogens is 2. The van der Waals surface area contributed by atoms with Crippen molar-refractivity contribution in [3.63, 3.8) is 0 Å². The zero-order chi connectivity index (χ0) is 23.5. The summed E-state index contributed by atoms with van der Waals surface area (Å²) in [5.41, 5.74) is 1.84. The first-order valence-electron chi connectivity index (χ1n) is 11.7. The van der Waals surface area contributed by atoms with Crippen LogP contribution < -0.4 is 5.32 Å². The van der Waals surface area contributed by atoms with Gasteiger partial charge in [-0.1, -0.05) is 24.1 Å². The van der Waals surface area contributed by atoms with Crippen molar-refractivity contribution < 1.29 is 9.18 Å². The van der Waals surface area contributed by atoms with E-state index >= 15 is 0 Å². The Morgan fingerprint density at radius 1 is 1.21 bits per heavy atom. The van der Waals surface area contributed by atoms with E-state index in [1.807, 2.05) is 11.0 Å². The lowest BCUT2D eigenvalue weighted by Crippen LogP contribution is -2.34. The minimum Gasteiger partial charge on any atom is -0.340 e. The average molecular weight is 500 g/mol. The maximum absolute atomic E-state index is 13.5. The number of anilines is 2. The summed E-state index contributed by atoms with van der Waals surface area (Å²) in [5, 5.41) is 4.28. The Labute approximate surface area is 207 Å². The van der Waals surface area contributed by atoms with Gasteiger partial charge in [-0.05, 0) is 68.6 Å². The van der Waals surface area contributed by atoms with E-state index in [4.69, 9.17) is 11.6 Å². The highest BCUT2D eigenvalue weighted by Gasteiger charge is 2.25. The molecule has 2 aliphatic heterocycles. The SMILES string of the molecule is O=C(C=CCCN1CCCCC1)N1CCc2c(sc3ncnc(Nc4ccc(F)c(Cl)c4)c23)C1. The van der Waals surface area contributed by atoms with Gasteiger partial charge in [-0.2, -0.15) is 0 Å². The van der Waals surface area contributed by atoms with E-state index in [1.165, 1.54) is 50.3 Å². The summed E-state index contributed by atoms with van der Waals surface area (Å²) in [4.78, 5) is 28.1. The predicted molar refractivity (Wildman–Crippen MR) is 135 cm³/mol. The molecule has 1 saturated heterocycles. The van der Waals surface area contributed by atoms with Gasteiger partial charge >= 0.3 is 0 Å². The number of fused-ring (bicyclic) bond motifs is 3. The maximum atomic E-state index is 13.5. The molecule has 0 atom stereocenters. The van der Waals surface area contributed by atoms with E-state index in [0.717, 1.165) is 34.5 Å². The number of amides is 1. The molecule has 1 aromatic carbocycles. The molecular weight excluding hydrogens is 473 g/mol. The van der Waals surface area contributed by atoms with E-state index in [-0.39, 0.29) is 10.9 Å². The number of hydrogen-bond acceptors (Lipinski definition) is 6. The number of carbonyl (C=O) groups is 1. The van der Waals surface area contributed by atoms with Gasteiger partial charge in [0.2, 0.25) is 5.91 Å². The van der Waals surface area contributed by atoms with Crippen molar-refractivity contribution in [1.29, 1.82) is 0 Å². The predicted octanol–water partition coefficient (Wildman–Crippen LogP) is 5.54. The van der Waals surface area contributed by atoms with Crippen LogP contribution >= 0.6 is 22.9 Å². The van der Waals surface area contributed by atoms with Crippen molar-refractivity contribution in [3.05, 3.63) is 58.0 Å². The molecule has 2 aliphatic rings. The zero-order valence-electron chi connectivity index (χ0n) is 18.9. The van der Waals surface area contributed by atoms with Crippen molar-refractivity contribution in [2.45, 2.75) is 38.6 Å². The van der Waals surface area contributed by atoms with Gasteiger partial charge in [0, 0.05) is 23.7 Å². The van der Waals surface area contributed by atoms with Crippen molar-refractivity contribution >= 4 is 50.6 Å². The molecule has 34 heavy (non-hydrogen) atoms. The number of piperidine rings is 1. The molecule has 1 N–H and O–H groups in total. The number of nitrogens with one attached hydrogen (secondary N) is 1. The lowest BCUT2D eigenvalue weighted by atomic mass is 10.0. The van der Waals surface area contributed by atoms with Crippen molar-refractivity contribution in [2.75, 3.05) is 31.5 Å². The van der Waals surface area contributed by atoms with Crippen LogP contribution in [0.15, 0.2) is 36.7 Å². The molecule has 1 amide bonds. The molecule has 1 fully saturated rings. The Morgan fingerprint density at radius 3 is 2.88 bits per heavy atom. The monoisotopic (exact) mass is 499 g/mol. The minimum atomic E-state index is -0.460.